The van der Waals surface area contributed by atoms with Crippen LogP contribution in [0.4, 0.5) is 10.2 Å². The minimum absolute atomic E-state index is 0.0929. The van der Waals surface area contributed by atoms with Gasteiger partial charge in [-0.3, -0.25) is 9.59 Å². The van der Waals surface area contributed by atoms with Crippen LogP contribution in [0.25, 0.3) is 0 Å². The number of rotatable bonds is 5. The molecule has 0 saturated carbocycles. The number of nitrogens with one attached hydrogen (secondary N) is 2. The number of halogens is 1. The highest BCUT2D eigenvalue weighted by molar-refractivity contribution is 6.01. The van der Waals surface area contributed by atoms with Crippen LogP contribution in [0.5, 0.6) is 0 Å². The molecule has 0 fully saturated rings. The minimum Gasteiger partial charge on any atom is -0.340 e. The molecule has 24 heavy (non-hydrogen) atoms. The lowest BCUT2D eigenvalue weighted by Crippen LogP contribution is -2.47. The highest BCUT2D eigenvalue weighted by Gasteiger charge is 2.26. The van der Waals surface area contributed by atoms with E-state index >= 15 is 0 Å². The van der Waals surface area contributed by atoms with Crippen LogP contribution in [0.15, 0.2) is 42.6 Å². The number of aryl methyl sites for hydroxylation is 1. The largest absolute Gasteiger partial charge is 0.340 e. The summed E-state index contributed by atoms with van der Waals surface area (Å²) in [5.41, 5.74) is 0.862. The first-order valence-corrected chi connectivity index (χ1v) is 7.67. The second-order valence-electron chi connectivity index (χ2n) is 5.88. The van der Waals surface area contributed by atoms with Crippen molar-refractivity contribution in [1.82, 2.24) is 10.3 Å². The summed E-state index contributed by atoms with van der Waals surface area (Å²) in [7, 11) is 0. The van der Waals surface area contributed by atoms with Crippen molar-refractivity contribution in [3.8, 4) is 0 Å². The van der Waals surface area contributed by atoms with Crippen molar-refractivity contribution >= 4 is 17.6 Å². The second kappa shape index (κ2) is 7.68. The molecular formula is C18H20FN3O2. The summed E-state index contributed by atoms with van der Waals surface area (Å²) in [6, 6.07) is 8.39. The maximum atomic E-state index is 13.7. The number of anilines is 1. The SMILES string of the molecule is Cc1ccnc(NC(=O)C(NC(=O)c2ccccc2F)C(C)C)c1. The molecule has 1 atom stereocenters. The van der Waals surface area contributed by atoms with Gasteiger partial charge in [0, 0.05) is 6.20 Å². The maximum absolute atomic E-state index is 13.7. The smallest absolute Gasteiger partial charge is 0.254 e. The Hall–Kier alpha value is -2.76. The van der Waals surface area contributed by atoms with Crippen molar-refractivity contribution in [2.24, 2.45) is 5.92 Å². The fourth-order valence-electron chi connectivity index (χ4n) is 2.21. The maximum Gasteiger partial charge on any atom is 0.254 e. The molecule has 126 valence electrons. The third kappa shape index (κ3) is 4.38. The third-order valence-corrected chi connectivity index (χ3v) is 3.52. The van der Waals surface area contributed by atoms with Gasteiger partial charge in [0.1, 0.15) is 17.7 Å². The molecule has 0 aliphatic heterocycles. The van der Waals surface area contributed by atoms with Gasteiger partial charge in [0.05, 0.1) is 5.56 Å². The molecule has 1 heterocycles. The van der Waals surface area contributed by atoms with Crippen LogP contribution >= 0.6 is 0 Å². The zero-order valence-electron chi connectivity index (χ0n) is 13.8. The summed E-state index contributed by atoms with van der Waals surface area (Å²) in [6.45, 7) is 5.49. The molecule has 2 aromatic rings. The summed E-state index contributed by atoms with van der Waals surface area (Å²) in [5.74, 6) is -1.42. The second-order valence-corrected chi connectivity index (χ2v) is 5.88. The number of carbonyl (C=O) groups excluding carboxylic acids is 2. The molecule has 0 saturated heterocycles. The first-order valence-electron chi connectivity index (χ1n) is 7.67. The van der Waals surface area contributed by atoms with E-state index in [0.717, 1.165) is 5.56 Å². The van der Waals surface area contributed by atoms with E-state index in [9.17, 15) is 14.0 Å². The molecule has 2 N–H and O–H groups in total. The summed E-state index contributed by atoms with van der Waals surface area (Å²) >= 11 is 0. The zero-order chi connectivity index (χ0) is 17.7. The Kier molecular flexibility index (Phi) is 5.63. The van der Waals surface area contributed by atoms with Gasteiger partial charge in [-0.1, -0.05) is 26.0 Å². The van der Waals surface area contributed by atoms with E-state index in [1.807, 2.05) is 13.0 Å². The van der Waals surface area contributed by atoms with Crippen molar-refractivity contribution < 1.29 is 14.0 Å². The van der Waals surface area contributed by atoms with Crippen LogP contribution in [0.2, 0.25) is 0 Å². The Labute approximate surface area is 140 Å². The molecule has 0 aliphatic carbocycles. The van der Waals surface area contributed by atoms with Crippen LogP contribution in [0.1, 0.15) is 29.8 Å². The number of carbonyl (C=O) groups is 2. The Morgan fingerprint density at radius 2 is 1.88 bits per heavy atom. The average Bonchev–Trinajstić information content (AvgIpc) is 2.52. The van der Waals surface area contributed by atoms with Gasteiger partial charge in [-0.25, -0.2) is 9.37 Å². The fraction of sp³-hybridized carbons (Fsp3) is 0.278. The molecule has 0 radical (unpaired) electrons. The van der Waals surface area contributed by atoms with E-state index in [-0.39, 0.29) is 11.5 Å². The van der Waals surface area contributed by atoms with Crippen molar-refractivity contribution in [2.75, 3.05) is 5.32 Å². The van der Waals surface area contributed by atoms with E-state index in [0.29, 0.717) is 5.82 Å². The standard InChI is InChI=1S/C18H20FN3O2/c1-11(2)16(18(24)21-15-10-12(3)8-9-20-15)22-17(23)13-6-4-5-7-14(13)19/h4-11,16H,1-3H3,(H,22,23)(H,20,21,24). The number of hydrogen-bond donors (Lipinski definition) is 2. The van der Waals surface area contributed by atoms with Gasteiger partial charge in [0.15, 0.2) is 0 Å². The van der Waals surface area contributed by atoms with Gasteiger partial charge < -0.3 is 10.6 Å². The lowest BCUT2D eigenvalue weighted by atomic mass is 10.0. The molecule has 2 rings (SSSR count). The van der Waals surface area contributed by atoms with Crippen molar-refractivity contribution in [3.05, 3.63) is 59.5 Å². The molecule has 1 aromatic heterocycles. The average molecular weight is 329 g/mol. The van der Waals surface area contributed by atoms with Gasteiger partial charge in [-0.2, -0.15) is 0 Å². The Morgan fingerprint density at radius 3 is 2.50 bits per heavy atom. The Bertz CT molecular complexity index is 747. The molecule has 1 unspecified atom stereocenters. The van der Waals surface area contributed by atoms with Gasteiger partial charge >= 0.3 is 0 Å². The Morgan fingerprint density at radius 1 is 1.17 bits per heavy atom. The normalized spacial score (nSPS) is 11.9. The van der Waals surface area contributed by atoms with Crippen molar-refractivity contribution in [3.63, 3.8) is 0 Å². The molecule has 0 spiro atoms. The zero-order valence-corrected chi connectivity index (χ0v) is 13.8. The van der Waals surface area contributed by atoms with E-state index in [1.165, 1.54) is 18.2 Å². The first-order chi connectivity index (χ1) is 11.4. The van der Waals surface area contributed by atoms with Crippen LogP contribution < -0.4 is 10.6 Å². The molecule has 2 amide bonds. The summed E-state index contributed by atoms with van der Waals surface area (Å²) < 4.78 is 13.7. The van der Waals surface area contributed by atoms with Crippen LogP contribution in [-0.4, -0.2) is 22.8 Å². The van der Waals surface area contributed by atoms with Gasteiger partial charge in [-0.05, 0) is 42.7 Å². The lowest BCUT2D eigenvalue weighted by Gasteiger charge is -2.21. The molecule has 1 aromatic carbocycles. The van der Waals surface area contributed by atoms with Gasteiger partial charge in [0.2, 0.25) is 5.91 Å². The predicted octanol–water partition coefficient (Wildman–Crippen LogP) is 2.92. The molecule has 0 bridgehead atoms. The lowest BCUT2D eigenvalue weighted by molar-refractivity contribution is -0.118. The third-order valence-electron chi connectivity index (χ3n) is 3.52. The first kappa shape index (κ1) is 17.6. The number of aromatic nitrogens is 1. The quantitative estimate of drug-likeness (QED) is 0.886. The molecule has 5 nitrogen and oxygen atoms in total. The summed E-state index contributed by atoms with van der Waals surface area (Å²) in [6.07, 6.45) is 1.59. The number of nitrogens with zero attached hydrogens (tertiary/aromatic N) is 1. The van der Waals surface area contributed by atoms with Gasteiger partial charge in [0.25, 0.3) is 5.91 Å². The van der Waals surface area contributed by atoms with E-state index < -0.39 is 23.7 Å². The predicted molar refractivity (Wildman–Crippen MR) is 90.1 cm³/mol. The number of benzene rings is 1. The minimum atomic E-state index is -0.806. The van der Waals surface area contributed by atoms with E-state index in [4.69, 9.17) is 0 Å². The number of hydrogen-bond acceptors (Lipinski definition) is 3. The van der Waals surface area contributed by atoms with E-state index in [1.54, 1.807) is 32.2 Å². The summed E-state index contributed by atoms with van der Waals surface area (Å²) in [5, 5.41) is 5.27. The monoisotopic (exact) mass is 329 g/mol. The molecular weight excluding hydrogens is 309 g/mol. The number of pyridine rings is 1. The van der Waals surface area contributed by atoms with Crippen molar-refractivity contribution in [1.29, 1.82) is 0 Å². The highest BCUT2D eigenvalue weighted by Crippen LogP contribution is 2.11. The van der Waals surface area contributed by atoms with Crippen LogP contribution in [-0.2, 0) is 4.79 Å². The van der Waals surface area contributed by atoms with Crippen LogP contribution in [0, 0.1) is 18.7 Å². The highest BCUT2D eigenvalue weighted by atomic mass is 19.1. The van der Waals surface area contributed by atoms with Gasteiger partial charge in [-0.15, -0.1) is 0 Å². The molecule has 0 aliphatic rings. The van der Waals surface area contributed by atoms with Crippen molar-refractivity contribution in [2.45, 2.75) is 26.8 Å². The topological polar surface area (TPSA) is 71.1 Å². The van der Waals surface area contributed by atoms with Crippen LogP contribution in [0.3, 0.4) is 0 Å². The summed E-state index contributed by atoms with van der Waals surface area (Å²) in [4.78, 5) is 28.8. The fourth-order valence-corrected chi connectivity index (χ4v) is 2.21. The Balaban J connectivity index is 2.13. The number of amides is 2. The van der Waals surface area contributed by atoms with E-state index in [2.05, 4.69) is 15.6 Å². The molecule has 6 heteroatoms.